The smallest absolute Gasteiger partial charge is 0.147 e. The Bertz CT molecular complexity index is 872. The fraction of sp³-hybridized carbons (Fsp3) is 0.150. The van der Waals surface area contributed by atoms with Crippen molar-refractivity contribution in [2.24, 2.45) is 0 Å². The number of carbonyl (C=O) groups excluding carboxylic acids is 1. The molecule has 0 heterocycles. The Hall–Kier alpha value is -2.30. The third kappa shape index (κ3) is 3.78. The summed E-state index contributed by atoms with van der Waals surface area (Å²) in [5.41, 5.74) is 1.04. The Morgan fingerprint density at radius 2 is 1.62 bits per heavy atom. The van der Waals surface area contributed by atoms with Gasteiger partial charge in [0.25, 0.3) is 0 Å². The Labute approximate surface area is 144 Å². The molecule has 0 aliphatic heterocycles. The number of Topliss-reactive ketones (excluding diaryl/α,β-unsaturated/α-hetero) is 1. The van der Waals surface area contributed by atoms with Crippen LogP contribution < -0.4 is 4.72 Å². The molecule has 0 bridgehead atoms. The van der Waals surface area contributed by atoms with Gasteiger partial charge in [0.15, 0.2) is 0 Å². The van der Waals surface area contributed by atoms with Crippen molar-refractivity contribution in [3.63, 3.8) is 0 Å². The van der Waals surface area contributed by atoms with Gasteiger partial charge in [-0.2, -0.15) is 0 Å². The number of carbonyl (C=O) groups is 1. The third-order valence-corrected chi connectivity index (χ3v) is 5.23. The molecule has 0 aliphatic rings. The molecule has 1 N–H and O–H groups in total. The van der Waals surface area contributed by atoms with Gasteiger partial charge in [0.05, 0.1) is 10.9 Å². The second-order valence-electron chi connectivity index (χ2n) is 5.72. The molecule has 3 rings (SSSR count). The number of ketones is 1. The van der Waals surface area contributed by atoms with Gasteiger partial charge in [-0.05, 0) is 35.7 Å². The molecular formula is C20H19NO2S. The van der Waals surface area contributed by atoms with Crippen LogP contribution >= 0.6 is 0 Å². The molecule has 2 atom stereocenters. The minimum absolute atomic E-state index is 0.0209. The van der Waals surface area contributed by atoms with Gasteiger partial charge in [0.2, 0.25) is 0 Å². The van der Waals surface area contributed by atoms with Gasteiger partial charge in [-0.25, -0.2) is 8.93 Å². The zero-order valence-corrected chi connectivity index (χ0v) is 14.3. The maximum Gasteiger partial charge on any atom is 0.147 e. The van der Waals surface area contributed by atoms with Gasteiger partial charge in [-0.15, -0.1) is 0 Å². The van der Waals surface area contributed by atoms with Gasteiger partial charge in [0.1, 0.15) is 16.8 Å². The van der Waals surface area contributed by atoms with E-state index in [-0.39, 0.29) is 5.78 Å². The highest BCUT2D eigenvalue weighted by Crippen LogP contribution is 2.21. The second-order valence-corrected chi connectivity index (χ2v) is 6.93. The SMILES string of the molecule is CC(=O)C(Cc1ccccc1)NS(=O)c1cccc2ccccc12. The van der Waals surface area contributed by atoms with Gasteiger partial charge in [0, 0.05) is 0 Å². The molecule has 0 aromatic heterocycles. The minimum Gasteiger partial charge on any atom is -0.298 e. The van der Waals surface area contributed by atoms with Crippen LogP contribution in [-0.2, 0) is 22.2 Å². The van der Waals surface area contributed by atoms with E-state index in [2.05, 4.69) is 4.72 Å². The van der Waals surface area contributed by atoms with Crippen molar-refractivity contribution in [1.82, 2.24) is 4.72 Å². The van der Waals surface area contributed by atoms with E-state index in [1.54, 1.807) is 0 Å². The van der Waals surface area contributed by atoms with Gasteiger partial charge < -0.3 is 0 Å². The van der Waals surface area contributed by atoms with Crippen LogP contribution in [0.1, 0.15) is 12.5 Å². The molecule has 0 amide bonds. The first-order valence-corrected chi connectivity index (χ1v) is 9.00. The van der Waals surface area contributed by atoms with Gasteiger partial charge in [-0.1, -0.05) is 66.7 Å². The van der Waals surface area contributed by atoms with Crippen LogP contribution in [0.5, 0.6) is 0 Å². The number of fused-ring (bicyclic) bond motifs is 1. The number of hydrogen-bond donors (Lipinski definition) is 1. The van der Waals surface area contributed by atoms with Crippen molar-refractivity contribution in [3.05, 3.63) is 78.4 Å². The minimum atomic E-state index is -1.45. The van der Waals surface area contributed by atoms with E-state index in [1.165, 1.54) is 6.92 Å². The number of nitrogens with one attached hydrogen (secondary N) is 1. The fourth-order valence-electron chi connectivity index (χ4n) is 2.67. The Kier molecular flexibility index (Phi) is 5.18. The molecule has 24 heavy (non-hydrogen) atoms. The Balaban J connectivity index is 1.84. The lowest BCUT2D eigenvalue weighted by atomic mass is 10.0. The van der Waals surface area contributed by atoms with Crippen molar-refractivity contribution in [2.45, 2.75) is 24.3 Å². The van der Waals surface area contributed by atoms with E-state index in [0.717, 1.165) is 16.3 Å². The summed E-state index contributed by atoms with van der Waals surface area (Å²) >= 11 is 0. The Morgan fingerprint density at radius 1 is 0.958 bits per heavy atom. The summed E-state index contributed by atoms with van der Waals surface area (Å²) in [4.78, 5) is 12.7. The highest BCUT2D eigenvalue weighted by atomic mass is 32.2. The second kappa shape index (κ2) is 7.51. The first-order chi connectivity index (χ1) is 11.6. The van der Waals surface area contributed by atoms with Crippen molar-refractivity contribution < 1.29 is 9.00 Å². The molecule has 3 aromatic rings. The standard InChI is InChI=1S/C20H19NO2S/c1-15(22)19(14-16-8-3-2-4-9-16)21-24(23)20-13-7-11-17-10-5-6-12-18(17)20/h2-13,19,21H,14H2,1H3. The monoisotopic (exact) mass is 337 g/mol. The fourth-order valence-corrected chi connectivity index (χ4v) is 3.89. The largest absolute Gasteiger partial charge is 0.298 e. The van der Waals surface area contributed by atoms with E-state index in [1.807, 2.05) is 72.8 Å². The number of benzene rings is 3. The molecule has 3 aromatic carbocycles. The highest BCUT2D eigenvalue weighted by Gasteiger charge is 2.19. The molecular weight excluding hydrogens is 318 g/mol. The maximum atomic E-state index is 12.8. The van der Waals surface area contributed by atoms with Gasteiger partial charge in [-0.3, -0.25) is 4.79 Å². The highest BCUT2D eigenvalue weighted by molar-refractivity contribution is 7.83. The molecule has 0 saturated heterocycles. The Morgan fingerprint density at radius 3 is 2.38 bits per heavy atom. The normalized spacial score (nSPS) is 13.5. The van der Waals surface area contributed by atoms with Crippen LogP contribution in [0.25, 0.3) is 10.8 Å². The summed E-state index contributed by atoms with van der Waals surface area (Å²) in [6, 6.07) is 22.8. The number of hydrogen-bond acceptors (Lipinski definition) is 2. The zero-order valence-electron chi connectivity index (χ0n) is 13.4. The van der Waals surface area contributed by atoms with E-state index < -0.39 is 17.0 Å². The molecule has 122 valence electrons. The molecule has 0 aliphatic carbocycles. The summed E-state index contributed by atoms with van der Waals surface area (Å²) in [6.07, 6.45) is 0.521. The van der Waals surface area contributed by atoms with Crippen LogP contribution in [0, 0.1) is 0 Å². The van der Waals surface area contributed by atoms with Crippen LogP contribution in [0.15, 0.2) is 77.7 Å². The van der Waals surface area contributed by atoms with Crippen molar-refractivity contribution >= 4 is 27.5 Å². The average Bonchev–Trinajstić information content (AvgIpc) is 2.61. The number of rotatable bonds is 6. The van der Waals surface area contributed by atoms with Crippen LogP contribution in [0.4, 0.5) is 0 Å². The van der Waals surface area contributed by atoms with E-state index >= 15 is 0 Å². The van der Waals surface area contributed by atoms with Crippen LogP contribution in [0.3, 0.4) is 0 Å². The van der Waals surface area contributed by atoms with Gasteiger partial charge >= 0.3 is 0 Å². The summed E-state index contributed by atoms with van der Waals surface area (Å²) in [5.74, 6) is -0.0209. The van der Waals surface area contributed by atoms with Crippen molar-refractivity contribution in [3.8, 4) is 0 Å². The third-order valence-electron chi connectivity index (χ3n) is 3.97. The first kappa shape index (κ1) is 16.6. The summed E-state index contributed by atoms with van der Waals surface area (Å²) < 4.78 is 15.8. The summed E-state index contributed by atoms with van der Waals surface area (Å²) in [5, 5.41) is 1.97. The molecule has 3 nitrogen and oxygen atoms in total. The lowest BCUT2D eigenvalue weighted by Gasteiger charge is -2.16. The van der Waals surface area contributed by atoms with E-state index in [4.69, 9.17) is 0 Å². The van der Waals surface area contributed by atoms with E-state index in [0.29, 0.717) is 11.3 Å². The topological polar surface area (TPSA) is 46.2 Å². The van der Waals surface area contributed by atoms with Crippen LogP contribution in [-0.4, -0.2) is 16.0 Å². The molecule has 0 fully saturated rings. The molecule has 0 spiro atoms. The molecule has 4 heteroatoms. The summed E-state index contributed by atoms with van der Waals surface area (Å²) in [7, 11) is -1.45. The lowest BCUT2D eigenvalue weighted by molar-refractivity contribution is -0.118. The van der Waals surface area contributed by atoms with Crippen molar-refractivity contribution in [2.75, 3.05) is 0 Å². The van der Waals surface area contributed by atoms with Crippen LogP contribution in [0.2, 0.25) is 0 Å². The van der Waals surface area contributed by atoms with Crippen molar-refractivity contribution in [1.29, 1.82) is 0 Å². The predicted octanol–water partition coefficient (Wildman–Crippen LogP) is 3.65. The first-order valence-electron chi connectivity index (χ1n) is 7.85. The van der Waals surface area contributed by atoms with E-state index in [9.17, 15) is 9.00 Å². The summed E-state index contributed by atoms with van der Waals surface area (Å²) in [6.45, 7) is 1.53. The average molecular weight is 337 g/mol. The molecule has 2 unspecified atom stereocenters. The molecule has 0 saturated carbocycles. The maximum absolute atomic E-state index is 12.8. The predicted molar refractivity (Wildman–Crippen MR) is 98.1 cm³/mol. The quantitative estimate of drug-likeness (QED) is 0.746. The lowest BCUT2D eigenvalue weighted by Crippen LogP contribution is -2.38. The molecule has 0 radical (unpaired) electrons. The zero-order chi connectivity index (χ0) is 16.9.